The van der Waals surface area contributed by atoms with Crippen molar-refractivity contribution in [3.05, 3.63) is 57.1 Å². The molecule has 20 heavy (non-hydrogen) atoms. The number of nitrogens with one attached hydrogen (secondary N) is 1. The smallest absolute Gasteiger partial charge is 0.255 e. The molecule has 1 amide bonds. The molecule has 2 rings (SSSR count). The van der Waals surface area contributed by atoms with Crippen LogP contribution in [0.5, 0.6) is 0 Å². The zero-order valence-corrected chi connectivity index (χ0v) is 12.6. The Labute approximate surface area is 127 Å². The van der Waals surface area contributed by atoms with Gasteiger partial charge in [-0.25, -0.2) is 0 Å². The first kappa shape index (κ1) is 14.7. The molecule has 0 aliphatic carbocycles. The molecule has 0 fully saturated rings. The van der Waals surface area contributed by atoms with Crippen molar-refractivity contribution in [2.75, 3.05) is 11.1 Å². The molecule has 0 aliphatic heterocycles. The highest BCUT2D eigenvalue weighted by atomic mass is 35.5. The molecule has 5 heteroatoms. The van der Waals surface area contributed by atoms with Crippen molar-refractivity contribution in [2.24, 2.45) is 0 Å². The molecule has 0 unspecified atom stereocenters. The van der Waals surface area contributed by atoms with Crippen molar-refractivity contribution < 1.29 is 4.79 Å². The molecule has 0 aromatic heterocycles. The molecule has 0 aliphatic rings. The maximum absolute atomic E-state index is 12.2. The average molecular weight is 309 g/mol. The Kier molecular flexibility index (Phi) is 4.21. The van der Waals surface area contributed by atoms with E-state index in [2.05, 4.69) is 5.32 Å². The van der Waals surface area contributed by atoms with E-state index in [0.29, 0.717) is 21.3 Å². The number of hydrogen-bond donors (Lipinski definition) is 2. The number of hydrogen-bond acceptors (Lipinski definition) is 2. The Balaban J connectivity index is 2.30. The Morgan fingerprint density at radius 3 is 2.20 bits per heavy atom. The van der Waals surface area contributed by atoms with E-state index < -0.39 is 0 Å². The maximum Gasteiger partial charge on any atom is 0.255 e. The number of aryl methyl sites for hydroxylation is 2. The summed E-state index contributed by atoms with van der Waals surface area (Å²) in [6, 6.07) is 8.40. The van der Waals surface area contributed by atoms with Crippen LogP contribution in [0.1, 0.15) is 21.5 Å². The van der Waals surface area contributed by atoms with E-state index in [9.17, 15) is 4.79 Å². The number of nitrogen functional groups attached to an aromatic ring is 1. The first-order valence-corrected chi connectivity index (χ1v) is 6.76. The van der Waals surface area contributed by atoms with Crippen molar-refractivity contribution in [1.29, 1.82) is 0 Å². The fraction of sp³-hybridized carbons (Fsp3) is 0.133. The number of amides is 1. The van der Waals surface area contributed by atoms with Gasteiger partial charge < -0.3 is 11.1 Å². The minimum atomic E-state index is -0.262. The predicted molar refractivity (Wildman–Crippen MR) is 84.7 cm³/mol. The van der Waals surface area contributed by atoms with Crippen molar-refractivity contribution in [1.82, 2.24) is 0 Å². The summed E-state index contributed by atoms with van der Waals surface area (Å²) >= 11 is 11.8. The first-order valence-electron chi connectivity index (χ1n) is 6.01. The third-order valence-corrected chi connectivity index (χ3v) is 3.42. The van der Waals surface area contributed by atoms with Crippen LogP contribution in [0.2, 0.25) is 10.0 Å². The van der Waals surface area contributed by atoms with Crippen LogP contribution in [0.15, 0.2) is 30.3 Å². The van der Waals surface area contributed by atoms with Gasteiger partial charge in [0.05, 0.1) is 0 Å². The Bertz CT molecular complexity index is 664. The Morgan fingerprint density at radius 1 is 1.00 bits per heavy atom. The van der Waals surface area contributed by atoms with E-state index in [1.807, 2.05) is 26.0 Å². The molecule has 3 nitrogen and oxygen atoms in total. The molecule has 0 spiro atoms. The zero-order valence-electron chi connectivity index (χ0n) is 11.1. The van der Waals surface area contributed by atoms with Gasteiger partial charge in [0.2, 0.25) is 0 Å². The van der Waals surface area contributed by atoms with Crippen LogP contribution in [0.4, 0.5) is 11.4 Å². The number of nitrogens with two attached hydrogens (primary N) is 1. The quantitative estimate of drug-likeness (QED) is 0.806. The maximum atomic E-state index is 12.2. The van der Waals surface area contributed by atoms with Gasteiger partial charge in [-0.1, -0.05) is 23.2 Å². The molecule has 0 radical (unpaired) electrons. The second-order valence-electron chi connectivity index (χ2n) is 4.64. The van der Waals surface area contributed by atoms with Crippen LogP contribution < -0.4 is 11.1 Å². The molecule has 0 heterocycles. The highest BCUT2D eigenvalue weighted by molar-refractivity contribution is 6.35. The highest BCUT2D eigenvalue weighted by Crippen LogP contribution is 2.24. The summed E-state index contributed by atoms with van der Waals surface area (Å²) < 4.78 is 0. The lowest BCUT2D eigenvalue weighted by Crippen LogP contribution is -2.13. The van der Waals surface area contributed by atoms with Crippen molar-refractivity contribution in [3.8, 4) is 0 Å². The summed E-state index contributed by atoms with van der Waals surface area (Å²) in [7, 11) is 0. The molecule has 0 bridgehead atoms. The molecule has 104 valence electrons. The van der Waals surface area contributed by atoms with Gasteiger partial charge >= 0.3 is 0 Å². The Morgan fingerprint density at radius 2 is 1.60 bits per heavy atom. The summed E-state index contributed by atoms with van der Waals surface area (Å²) in [6.07, 6.45) is 0. The largest absolute Gasteiger partial charge is 0.399 e. The normalized spacial score (nSPS) is 10.4. The summed E-state index contributed by atoms with van der Waals surface area (Å²) in [5.41, 5.74) is 9.47. The van der Waals surface area contributed by atoms with Crippen molar-refractivity contribution in [3.63, 3.8) is 0 Å². The van der Waals surface area contributed by atoms with Gasteiger partial charge in [-0.3, -0.25) is 4.79 Å². The minimum Gasteiger partial charge on any atom is -0.399 e. The lowest BCUT2D eigenvalue weighted by molar-refractivity contribution is 0.102. The van der Waals surface area contributed by atoms with Gasteiger partial charge in [0, 0.05) is 27.0 Å². The second-order valence-corrected chi connectivity index (χ2v) is 5.51. The van der Waals surface area contributed by atoms with E-state index >= 15 is 0 Å². The van der Waals surface area contributed by atoms with Crippen LogP contribution in [-0.4, -0.2) is 5.91 Å². The van der Waals surface area contributed by atoms with E-state index in [1.54, 1.807) is 18.2 Å². The second kappa shape index (κ2) is 5.73. The summed E-state index contributed by atoms with van der Waals surface area (Å²) in [6.45, 7) is 3.77. The molecule has 3 N–H and O–H groups in total. The molecular weight excluding hydrogens is 295 g/mol. The lowest BCUT2D eigenvalue weighted by Gasteiger charge is -2.11. The summed E-state index contributed by atoms with van der Waals surface area (Å²) in [5.74, 6) is -0.262. The fourth-order valence-corrected chi connectivity index (χ4v) is 2.38. The van der Waals surface area contributed by atoms with E-state index in [-0.39, 0.29) is 5.91 Å². The van der Waals surface area contributed by atoms with Crippen molar-refractivity contribution in [2.45, 2.75) is 13.8 Å². The standard InChI is InChI=1S/C15H14Cl2N2O/c1-8-4-14(9(2)3-13(8)18)19-15(20)10-5-11(16)7-12(17)6-10/h3-7H,18H2,1-2H3,(H,19,20). The first-order chi connectivity index (χ1) is 9.36. The molecule has 0 saturated heterocycles. The third kappa shape index (κ3) is 3.24. The van der Waals surface area contributed by atoms with Crippen LogP contribution in [0.25, 0.3) is 0 Å². The lowest BCUT2D eigenvalue weighted by atomic mass is 10.1. The Hall–Kier alpha value is -1.71. The van der Waals surface area contributed by atoms with Gasteiger partial charge in [0.15, 0.2) is 0 Å². The van der Waals surface area contributed by atoms with Gasteiger partial charge in [0.25, 0.3) is 5.91 Å². The van der Waals surface area contributed by atoms with E-state index in [4.69, 9.17) is 28.9 Å². The topological polar surface area (TPSA) is 55.1 Å². The number of carbonyl (C=O) groups excluding carboxylic acids is 1. The average Bonchev–Trinajstić information content (AvgIpc) is 2.34. The number of anilines is 2. The van der Waals surface area contributed by atoms with Crippen LogP contribution >= 0.6 is 23.2 Å². The van der Waals surface area contributed by atoms with Crippen molar-refractivity contribution >= 4 is 40.5 Å². The van der Waals surface area contributed by atoms with Gasteiger partial charge in [-0.15, -0.1) is 0 Å². The summed E-state index contributed by atoms with van der Waals surface area (Å²) in [4.78, 5) is 12.2. The SMILES string of the molecule is Cc1cc(NC(=O)c2cc(Cl)cc(Cl)c2)c(C)cc1N. The minimum absolute atomic E-state index is 0.262. The van der Waals surface area contributed by atoms with E-state index in [0.717, 1.165) is 16.8 Å². The fourth-order valence-electron chi connectivity index (χ4n) is 1.85. The third-order valence-electron chi connectivity index (χ3n) is 2.99. The van der Waals surface area contributed by atoms with Crippen LogP contribution in [-0.2, 0) is 0 Å². The van der Waals surface area contributed by atoms with Gasteiger partial charge in [-0.05, 0) is 55.3 Å². The van der Waals surface area contributed by atoms with Gasteiger partial charge in [-0.2, -0.15) is 0 Å². The monoisotopic (exact) mass is 308 g/mol. The number of carbonyl (C=O) groups is 1. The van der Waals surface area contributed by atoms with Gasteiger partial charge in [0.1, 0.15) is 0 Å². The number of benzene rings is 2. The molecule has 2 aromatic carbocycles. The molecule has 2 aromatic rings. The molecule has 0 saturated carbocycles. The van der Waals surface area contributed by atoms with E-state index in [1.165, 1.54) is 0 Å². The summed E-state index contributed by atoms with van der Waals surface area (Å²) in [5, 5.41) is 3.69. The number of rotatable bonds is 2. The zero-order chi connectivity index (χ0) is 14.9. The van der Waals surface area contributed by atoms with Crippen LogP contribution in [0.3, 0.4) is 0 Å². The highest BCUT2D eigenvalue weighted by Gasteiger charge is 2.10. The predicted octanol–water partition coefficient (Wildman–Crippen LogP) is 4.44. The van der Waals surface area contributed by atoms with Crippen LogP contribution in [0, 0.1) is 13.8 Å². The number of halogens is 2. The molecular formula is C15H14Cl2N2O. The molecule has 0 atom stereocenters.